The number of hydrogen-bond acceptors (Lipinski definition) is 4. The molecule has 1 N–H and O–H groups in total. The van der Waals surface area contributed by atoms with E-state index in [1.165, 1.54) is 23.9 Å². The first-order valence-corrected chi connectivity index (χ1v) is 6.33. The summed E-state index contributed by atoms with van der Waals surface area (Å²) in [6.45, 7) is 3.49. The van der Waals surface area contributed by atoms with Crippen LogP contribution in [0, 0.1) is 12.7 Å². The van der Waals surface area contributed by atoms with E-state index in [1.54, 1.807) is 19.2 Å². The Labute approximate surface area is 109 Å². The van der Waals surface area contributed by atoms with Crippen molar-refractivity contribution in [3.05, 3.63) is 47.5 Å². The van der Waals surface area contributed by atoms with Gasteiger partial charge in [-0.25, -0.2) is 14.4 Å². The molecule has 0 spiro atoms. The van der Waals surface area contributed by atoms with E-state index < -0.39 is 6.10 Å². The van der Waals surface area contributed by atoms with Gasteiger partial charge >= 0.3 is 0 Å². The summed E-state index contributed by atoms with van der Waals surface area (Å²) in [6, 6.07) is 6.14. The minimum absolute atomic E-state index is 0.361. The molecular weight excluding hydrogens is 251 g/mol. The number of aryl methyl sites for hydroxylation is 1. The smallest absolute Gasteiger partial charge is 0.192 e. The Balaban J connectivity index is 2.34. The minimum Gasteiger partial charge on any atom is -0.389 e. The highest BCUT2D eigenvalue weighted by molar-refractivity contribution is 7.99. The van der Waals surface area contributed by atoms with Gasteiger partial charge in [0, 0.05) is 16.8 Å². The van der Waals surface area contributed by atoms with Crippen LogP contribution in [0.5, 0.6) is 0 Å². The van der Waals surface area contributed by atoms with Crippen molar-refractivity contribution in [3.8, 4) is 0 Å². The molecule has 0 bridgehead atoms. The van der Waals surface area contributed by atoms with Gasteiger partial charge in [0.1, 0.15) is 5.82 Å². The number of benzene rings is 1. The number of nitrogens with zero attached hydrogens (tertiary/aromatic N) is 2. The molecule has 2 aromatic rings. The van der Waals surface area contributed by atoms with Crippen molar-refractivity contribution in [2.24, 2.45) is 0 Å². The highest BCUT2D eigenvalue weighted by atomic mass is 32.2. The topological polar surface area (TPSA) is 46.0 Å². The molecule has 1 aromatic carbocycles. The molecule has 1 aromatic heterocycles. The van der Waals surface area contributed by atoms with Crippen LogP contribution in [0.1, 0.15) is 24.3 Å². The Morgan fingerprint density at radius 2 is 2.11 bits per heavy atom. The van der Waals surface area contributed by atoms with Crippen LogP contribution in [-0.4, -0.2) is 15.1 Å². The lowest BCUT2D eigenvalue weighted by molar-refractivity contribution is 0.196. The maximum atomic E-state index is 13.2. The predicted molar refractivity (Wildman–Crippen MR) is 67.9 cm³/mol. The molecule has 0 aliphatic heterocycles. The van der Waals surface area contributed by atoms with Crippen LogP contribution in [0.2, 0.25) is 0 Å². The lowest BCUT2D eigenvalue weighted by atomic mass is 10.1. The lowest BCUT2D eigenvalue weighted by Gasteiger charge is -2.11. The van der Waals surface area contributed by atoms with E-state index in [4.69, 9.17) is 0 Å². The summed E-state index contributed by atoms with van der Waals surface area (Å²) in [5.41, 5.74) is 1.42. The average Bonchev–Trinajstić information content (AvgIpc) is 2.31. The van der Waals surface area contributed by atoms with Crippen molar-refractivity contribution in [2.45, 2.75) is 30.0 Å². The van der Waals surface area contributed by atoms with Crippen LogP contribution in [0.4, 0.5) is 4.39 Å². The molecule has 94 valence electrons. The maximum Gasteiger partial charge on any atom is 0.192 e. The zero-order valence-corrected chi connectivity index (χ0v) is 10.9. The zero-order valence-electron chi connectivity index (χ0n) is 10.1. The van der Waals surface area contributed by atoms with Gasteiger partial charge in [0.05, 0.1) is 6.10 Å². The molecule has 0 saturated carbocycles. The van der Waals surface area contributed by atoms with E-state index >= 15 is 0 Å². The fraction of sp³-hybridized carbons (Fsp3) is 0.231. The van der Waals surface area contributed by atoms with E-state index in [0.717, 1.165) is 10.6 Å². The summed E-state index contributed by atoms with van der Waals surface area (Å²) >= 11 is 1.32. The Bertz CT molecular complexity index is 560. The second-order valence-electron chi connectivity index (χ2n) is 3.94. The number of aromatic nitrogens is 2. The van der Waals surface area contributed by atoms with Crippen LogP contribution >= 0.6 is 11.8 Å². The van der Waals surface area contributed by atoms with E-state index in [0.29, 0.717) is 10.7 Å². The highest BCUT2D eigenvalue weighted by Crippen LogP contribution is 2.31. The van der Waals surface area contributed by atoms with E-state index in [-0.39, 0.29) is 5.82 Å². The Morgan fingerprint density at radius 3 is 2.78 bits per heavy atom. The summed E-state index contributed by atoms with van der Waals surface area (Å²) in [5.74, 6) is -0.361. The van der Waals surface area contributed by atoms with Crippen molar-refractivity contribution in [2.75, 3.05) is 0 Å². The molecule has 0 radical (unpaired) electrons. The SMILES string of the molecule is Cc1ccnc(Sc2ccc(F)cc2[C@@H](C)O)n1. The molecule has 2 rings (SSSR count). The second-order valence-corrected chi connectivity index (χ2v) is 4.95. The summed E-state index contributed by atoms with van der Waals surface area (Å²) in [7, 11) is 0. The fourth-order valence-corrected chi connectivity index (χ4v) is 2.50. The number of halogens is 1. The maximum absolute atomic E-state index is 13.2. The molecule has 0 aliphatic carbocycles. The largest absolute Gasteiger partial charge is 0.389 e. The minimum atomic E-state index is -0.729. The third-order valence-electron chi connectivity index (χ3n) is 2.40. The number of hydrogen-bond donors (Lipinski definition) is 1. The molecule has 0 saturated heterocycles. The first-order chi connectivity index (χ1) is 8.56. The van der Waals surface area contributed by atoms with Crippen molar-refractivity contribution in [3.63, 3.8) is 0 Å². The van der Waals surface area contributed by atoms with Gasteiger partial charge in [-0.1, -0.05) is 0 Å². The molecular formula is C13H13FN2OS. The molecule has 3 nitrogen and oxygen atoms in total. The fourth-order valence-electron chi connectivity index (χ4n) is 1.51. The van der Waals surface area contributed by atoms with Crippen LogP contribution in [-0.2, 0) is 0 Å². The normalized spacial score (nSPS) is 12.4. The predicted octanol–water partition coefficient (Wildman–Crippen LogP) is 3.13. The van der Waals surface area contributed by atoms with E-state index in [2.05, 4.69) is 9.97 Å². The van der Waals surface area contributed by atoms with Gasteiger partial charge in [-0.3, -0.25) is 0 Å². The van der Waals surface area contributed by atoms with Gasteiger partial charge in [-0.05, 0) is 55.4 Å². The highest BCUT2D eigenvalue weighted by Gasteiger charge is 2.11. The Hall–Kier alpha value is -1.46. The monoisotopic (exact) mass is 264 g/mol. The van der Waals surface area contributed by atoms with Gasteiger partial charge in [-0.2, -0.15) is 0 Å². The van der Waals surface area contributed by atoms with E-state index in [9.17, 15) is 9.50 Å². The molecule has 18 heavy (non-hydrogen) atoms. The number of rotatable bonds is 3. The molecule has 5 heteroatoms. The first kappa shape index (κ1) is 13.0. The van der Waals surface area contributed by atoms with Crippen molar-refractivity contribution >= 4 is 11.8 Å². The molecule has 0 aliphatic rings. The molecule has 1 atom stereocenters. The third-order valence-corrected chi connectivity index (χ3v) is 3.37. The molecule has 1 heterocycles. The molecule has 0 unspecified atom stereocenters. The number of aliphatic hydroxyl groups is 1. The van der Waals surface area contributed by atoms with E-state index in [1.807, 2.05) is 13.0 Å². The summed E-state index contributed by atoms with van der Waals surface area (Å²) in [6.07, 6.45) is 0.948. The Kier molecular flexibility index (Phi) is 3.93. The van der Waals surface area contributed by atoms with Gasteiger partial charge in [0.25, 0.3) is 0 Å². The third kappa shape index (κ3) is 3.05. The standard InChI is InChI=1S/C13H13FN2OS/c1-8-5-6-15-13(16-8)18-12-4-3-10(14)7-11(12)9(2)17/h3-7,9,17H,1-2H3/t9-/m1/s1. The van der Waals surface area contributed by atoms with Gasteiger partial charge in [0.2, 0.25) is 0 Å². The number of aliphatic hydroxyl groups excluding tert-OH is 1. The van der Waals surface area contributed by atoms with Gasteiger partial charge in [-0.15, -0.1) is 0 Å². The molecule has 0 fully saturated rings. The van der Waals surface area contributed by atoms with Crippen LogP contribution in [0.15, 0.2) is 40.5 Å². The first-order valence-electron chi connectivity index (χ1n) is 5.51. The van der Waals surface area contributed by atoms with Crippen molar-refractivity contribution in [1.82, 2.24) is 9.97 Å². The van der Waals surface area contributed by atoms with Crippen LogP contribution in [0.3, 0.4) is 0 Å². The van der Waals surface area contributed by atoms with Crippen molar-refractivity contribution < 1.29 is 9.50 Å². The quantitative estimate of drug-likeness (QED) is 0.865. The molecule has 0 amide bonds. The van der Waals surface area contributed by atoms with Crippen LogP contribution in [0.25, 0.3) is 0 Å². The Morgan fingerprint density at radius 1 is 1.33 bits per heavy atom. The zero-order chi connectivity index (χ0) is 13.1. The second kappa shape index (κ2) is 5.46. The summed E-state index contributed by atoms with van der Waals surface area (Å²) in [4.78, 5) is 9.16. The summed E-state index contributed by atoms with van der Waals surface area (Å²) in [5, 5.41) is 10.2. The van der Waals surface area contributed by atoms with Gasteiger partial charge < -0.3 is 5.11 Å². The van der Waals surface area contributed by atoms with Gasteiger partial charge in [0.15, 0.2) is 5.16 Å². The lowest BCUT2D eigenvalue weighted by Crippen LogP contribution is -1.96. The average molecular weight is 264 g/mol. The van der Waals surface area contributed by atoms with Crippen molar-refractivity contribution in [1.29, 1.82) is 0 Å². The summed E-state index contributed by atoms with van der Waals surface area (Å²) < 4.78 is 13.2. The van der Waals surface area contributed by atoms with Crippen LogP contribution < -0.4 is 0 Å².